The standard InChI is InChI=1S/C25H24N2O6/c1-2-31-25(30)33-21-14-12-18(13-15-21)24(29)26-16-19-8-6-7-11-22(19)27-23(28)17-32-20-9-4-3-5-10-20/h3-15H,2,16-17H2,1H3,(H,26,29)(H,27,28). The largest absolute Gasteiger partial charge is 0.513 e. The molecule has 0 unspecified atom stereocenters. The van der Waals surface area contributed by atoms with Crippen LogP contribution in [0.5, 0.6) is 11.5 Å². The van der Waals surface area contributed by atoms with E-state index >= 15 is 0 Å². The van der Waals surface area contributed by atoms with Gasteiger partial charge in [-0.05, 0) is 55.0 Å². The molecule has 0 aromatic heterocycles. The number of para-hydroxylation sites is 2. The van der Waals surface area contributed by atoms with Gasteiger partial charge in [-0.25, -0.2) is 4.79 Å². The van der Waals surface area contributed by atoms with Gasteiger partial charge in [-0.15, -0.1) is 0 Å². The second-order valence-electron chi connectivity index (χ2n) is 6.80. The average Bonchev–Trinajstić information content (AvgIpc) is 2.83. The van der Waals surface area contributed by atoms with Gasteiger partial charge in [-0.3, -0.25) is 9.59 Å². The van der Waals surface area contributed by atoms with Crippen molar-refractivity contribution in [2.75, 3.05) is 18.5 Å². The quantitative estimate of drug-likeness (QED) is 0.376. The Hall–Kier alpha value is -4.33. The first-order chi connectivity index (χ1) is 16.0. The minimum atomic E-state index is -0.803. The molecule has 0 saturated heterocycles. The third kappa shape index (κ3) is 7.39. The van der Waals surface area contributed by atoms with Gasteiger partial charge in [0.05, 0.1) is 6.61 Å². The van der Waals surface area contributed by atoms with Crippen LogP contribution in [0.4, 0.5) is 10.5 Å². The topological polar surface area (TPSA) is 103 Å². The van der Waals surface area contributed by atoms with Crippen molar-refractivity contribution in [1.29, 1.82) is 0 Å². The molecule has 2 amide bonds. The molecule has 3 rings (SSSR count). The fraction of sp³-hybridized carbons (Fsp3) is 0.160. The van der Waals surface area contributed by atoms with Gasteiger partial charge in [0.2, 0.25) is 0 Å². The predicted octanol–water partition coefficient (Wildman–Crippen LogP) is 4.17. The second kappa shape index (κ2) is 11.9. The number of anilines is 1. The smallest absolute Gasteiger partial charge is 0.484 e. The van der Waals surface area contributed by atoms with E-state index in [-0.39, 0.29) is 37.3 Å². The lowest BCUT2D eigenvalue weighted by atomic mass is 10.1. The second-order valence-corrected chi connectivity index (χ2v) is 6.80. The maximum atomic E-state index is 12.5. The van der Waals surface area contributed by atoms with Crippen LogP contribution in [0.3, 0.4) is 0 Å². The van der Waals surface area contributed by atoms with Crippen LogP contribution in [0.2, 0.25) is 0 Å². The molecule has 2 N–H and O–H groups in total. The number of hydrogen-bond acceptors (Lipinski definition) is 6. The van der Waals surface area contributed by atoms with Crippen LogP contribution in [0.1, 0.15) is 22.8 Å². The number of benzene rings is 3. The summed E-state index contributed by atoms with van der Waals surface area (Å²) < 4.78 is 15.1. The number of carbonyl (C=O) groups excluding carboxylic acids is 3. The maximum Gasteiger partial charge on any atom is 0.513 e. The Balaban J connectivity index is 1.53. The maximum absolute atomic E-state index is 12.5. The zero-order chi connectivity index (χ0) is 23.5. The number of ether oxygens (including phenoxy) is 3. The van der Waals surface area contributed by atoms with E-state index in [1.54, 1.807) is 43.3 Å². The van der Waals surface area contributed by atoms with Crippen LogP contribution >= 0.6 is 0 Å². The Kier molecular flexibility index (Phi) is 8.41. The summed E-state index contributed by atoms with van der Waals surface area (Å²) >= 11 is 0. The van der Waals surface area contributed by atoms with E-state index in [4.69, 9.17) is 14.2 Å². The minimum Gasteiger partial charge on any atom is -0.484 e. The molecule has 0 spiro atoms. The highest BCUT2D eigenvalue weighted by Crippen LogP contribution is 2.17. The van der Waals surface area contributed by atoms with Crippen LogP contribution in [-0.2, 0) is 16.1 Å². The summed E-state index contributed by atoms with van der Waals surface area (Å²) in [5.41, 5.74) is 1.71. The molecule has 0 bridgehead atoms. The lowest BCUT2D eigenvalue weighted by Crippen LogP contribution is -2.25. The molecule has 0 aliphatic heterocycles. The summed E-state index contributed by atoms with van der Waals surface area (Å²) in [6.07, 6.45) is -0.803. The van der Waals surface area contributed by atoms with Crippen molar-refractivity contribution >= 4 is 23.7 Å². The van der Waals surface area contributed by atoms with Crippen molar-refractivity contribution < 1.29 is 28.6 Å². The summed E-state index contributed by atoms with van der Waals surface area (Å²) in [7, 11) is 0. The van der Waals surface area contributed by atoms with Crippen molar-refractivity contribution in [2.45, 2.75) is 13.5 Å². The molecule has 0 fully saturated rings. The highest BCUT2D eigenvalue weighted by molar-refractivity contribution is 5.95. The molecule has 0 saturated carbocycles. The number of amides is 2. The summed E-state index contributed by atoms with van der Waals surface area (Å²) in [6.45, 7) is 1.96. The number of carbonyl (C=O) groups is 3. The predicted molar refractivity (Wildman–Crippen MR) is 122 cm³/mol. The van der Waals surface area contributed by atoms with Gasteiger partial charge in [-0.2, -0.15) is 0 Å². The van der Waals surface area contributed by atoms with E-state index in [2.05, 4.69) is 10.6 Å². The first-order valence-electron chi connectivity index (χ1n) is 10.3. The van der Waals surface area contributed by atoms with Crippen LogP contribution in [-0.4, -0.2) is 31.2 Å². The van der Waals surface area contributed by atoms with E-state index in [1.165, 1.54) is 12.1 Å². The van der Waals surface area contributed by atoms with E-state index in [0.717, 1.165) is 5.56 Å². The molecule has 0 heterocycles. The average molecular weight is 448 g/mol. The summed E-state index contributed by atoms with van der Waals surface area (Å²) in [6, 6.07) is 22.3. The van der Waals surface area contributed by atoms with Crippen LogP contribution in [0.15, 0.2) is 78.9 Å². The highest BCUT2D eigenvalue weighted by atomic mass is 16.7. The Labute approximate surface area is 191 Å². The van der Waals surface area contributed by atoms with E-state index in [9.17, 15) is 14.4 Å². The van der Waals surface area contributed by atoms with Crippen molar-refractivity contribution in [3.05, 3.63) is 90.0 Å². The van der Waals surface area contributed by atoms with Gasteiger partial charge < -0.3 is 24.8 Å². The summed E-state index contributed by atoms with van der Waals surface area (Å²) in [4.78, 5) is 36.1. The normalized spacial score (nSPS) is 10.1. The fourth-order valence-corrected chi connectivity index (χ4v) is 2.84. The Morgan fingerprint density at radius 1 is 0.818 bits per heavy atom. The molecule has 8 nitrogen and oxygen atoms in total. The molecule has 33 heavy (non-hydrogen) atoms. The Morgan fingerprint density at radius 2 is 1.52 bits per heavy atom. The van der Waals surface area contributed by atoms with Crippen molar-refractivity contribution in [3.63, 3.8) is 0 Å². The lowest BCUT2D eigenvalue weighted by Gasteiger charge is -2.13. The SMILES string of the molecule is CCOC(=O)Oc1ccc(C(=O)NCc2ccccc2NC(=O)COc2ccccc2)cc1. The highest BCUT2D eigenvalue weighted by Gasteiger charge is 2.11. The van der Waals surface area contributed by atoms with Crippen molar-refractivity contribution in [3.8, 4) is 11.5 Å². The van der Waals surface area contributed by atoms with Gasteiger partial charge in [0.25, 0.3) is 11.8 Å². The zero-order valence-corrected chi connectivity index (χ0v) is 18.1. The van der Waals surface area contributed by atoms with Crippen molar-refractivity contribution in [1.82, 2.24) is 5.32 Å². The molecule has 0 aliphatic carbocycles. The van der Waals surface area contributed by atoms with Crippen LogP contribution in [0, 0.1) is 0 Å². The minimum absolute atomic E-state index is 0.134. The molecule has 3 aromatic rings. The molecule has 8 heteroatoms. The number of hydrogen-bond donors (Lipinski definition) is 2. The summed E-state index contributed by atoms with van der Waals surface area (Å²) in [5, 5.41) is 5.62. The zero-order valence-electron chi connectivity index (χ0n) is 18.1. The van der Waals surface area contributed by atoms with E-state index in [1.807, 2.05) is 30.3 Å². The van der Waals surface area contributed by atoms with E-state index in [0.29, 0.717) is 17.0 Å². The molecule has 3 aromatic carbocycles. The lowest BCUT2D eigenvalue weighted by molar-refractivity contribution is -0.118. The molecule has 0 radical (unpaired) electrons. The first kappa shape index (κ1) is 23.3. The van der Waals surface area contributed by atoms with Gasteiger partial charge in [0.1, 0.15) is 11.5 Å². The van der Waals surface area contributed by atoms with Gasteiger partial charge in [0.15, 0.2) is 6.61 Å². The first-order valence-corrected chi connectivity index (χ1v) is 10.3. The van der Waals surface area contributed by atoms with Crippen molar-refractivity contribution in [2.24, 2.45) is 0 Å². The van der Waals surface area contributed by atoms with Gasteiger partial charge >= 0.3 is 6.16 Å². The van der Waals surface area contributed by atoms with E-state index < -0.39 is 6.16 Å². The van der Waals surface area contributed by atoms with Crippen LogP contribution < -0.4 is 20.1 Å². The fourth-order valence-electron chi connectivity index (χ4n) is 2.84. The number of nitrogens with one attached hydrogen (secondary N) is 2. The number of rotatable bonds is 9. The van der Waals surface area contributed by atoms with Crippen LogP contribution in [0.25, 0.3) is 0 Å². The van der Waals surface area contributed by atoms with Gasteiger partial charge in [-0.1, -0.05) is 36.4 Å². The molecular formula is C25H24N2O6. The third-order valence-electron chi connectivity index (χ3n) is 4.42. The monoisotopic (exact) mass is 448 g/mol. The Morgan fingerprint density at radius 3 is 2.24 bits per heavy atom. The molecule has 170 valence electrons. The van der Waals surface area contributed by atoms with Gasteiger partial charge in [0, 0.05) is 17.8 Å². The molecular weight excluding hydrogens is 424 g/mol. The molecule has 0 aliphatic rings. The third-order valence-corrected chi connectivity index (χ3v) is 4.42. The molecule has 0 atom stereocenters. The summed E-state index contributed by atoms with van der Waals surface area (Å²) in [5.74, 6) is 0.253. The Bertz CT molecular complexity index is 1080.